The highest BCUT2D eigenvalue weighted by Crippen LogP contribution is 2.21. The zero-order valence-corrected chi connectivity index (χ0v) is 22.8. The highest BCUT2D eigenvalue weighted by atomic mass is 16.5. The van der Waals surface area contributed by atoms with E-state index in [1.54, 1.807) is 0 Å². The van der Waals surface area contributed by atoms with E-state index >= 15 is 0 Å². The highest BCUT2D eigenvalue weighted by molar-refractivity contribution is 5.70. The van der Waals surface area contributed by atoms with Gasteiger partial charge in [0.05, 0.1) is 24.7 Å². The molecule has 4 heteroatoms. The van der Waals surface area contributed by atoms with Crippen LogP contribution >= 0.6 is 0 Å². The Bertz CT molecular complexity index is 603. The van der Waals surface area contributed by atoms with Crippen molar-refractivity contribution in [1.29, 1.82) is 0 Å². The molecule has 202 valence electrons. The number of rotatable bonds is 24. The first kappa shape index (κ1) is 31.6. The van der Waals surface area contributed by atoms with Crippen molar-refractivity contribution in [2.24, 2.45) is 5.92 Å². The molecular weight excluding hydrogens is 436 g/mol. The van der Waals surface area contributed by atoms with Crippen molar-refractivity contribution in [3.8, 4) is 0 Å². The third-order valence-electron chi connectivity index (χ3n) is 7.18. The second kappa shape index (κ2) is 21.9. The van der Waals surface area contributed by atoms with Crippen molar-refractivity contribution in [3.63, 3.8) is 0 Å². The Balaban J connectivity index is 2.18. The number of aliphatic hydroxyl groups excluding tert-OH is 1. The smallest absolute Gasteiger partial charge is 0.309 e. The molecule has 1 aromatic rings. The summed E-state index contributed by atoms with van der Waals surface area (Å²) in [5, 5.41) is 19.9. The number of hydrogen-bond donors (Lipinski definition) is 2. The lowest BCUT2D eigenvalue weighted by atomic mass is 9.93. The minimum atomic E-state index is -0.922. The Labute approximate surface area is 215 Å². The van der Waals surface area contributed by atoms with Crippen LogP contribution < -0.4 is 0 Å². The fourth-order valence-corrected chi connectivity index (χ4v) is 4.85. The van der Waals surface area contributed by atoms with Crippen LogP contribution in [0.3, 0.4) is 0 Å². The molecule has 0 aliphatic heterocycles. The average Bonchev–Trinajstić information content (AvgIpc) is 2.85. The lowest BCUT2D eigenvalue weighted by Crippen LogP contribution is -2.32. The maximum absolute atomic E-state index is 11.4. The predicted molar refractivity (Wildman–Crippen MR) is 147 cm³/mol. The van der Waals surface area contributed by atoms with E-state index in [0.717, 1.165) is 18.4 Å². The minimum absolute atomic E-state index is 0.111. The number of aliphatic hydroxyl groups is 1. The lowest BCUT2D eigenvalue weighted by molar-refractivity contribution is -0.147. The fraction of sp³-hybridized carbons (Fsp3) is 0.774. The van der Waals surface area contributed by atoms with Crippen LogP contribution in [-0.2, 0) is 16.1 Å². The number of ether oxygens (including phenoxy) is 1. The summed E-state index contributed by atoms with van der Waals surface area (Å²) < 4.78 is 6.14. The molecule has 1 rings (SSSR count). The molecule has 2 N–H and O–H groups in total. The van der Waals surface area contributed by atoms with Gasteiger partial charge in [-0.25, -0.2) is 0 Å². The number of carbonyl (C=O) groups is 1. The van der Waals surface area contributed by atoms with Gasteiger partial charge in [-0.1, -0.05) is 140 Å². The van der Waals surface area contributed by atoms with E-state index in [9.17, 15) is 15.0 Å². The van der Waals surface area contributed by atoms with Crippen LogP contribution in [0.15, 0.2) is 30.3 Å². The zero-order valence-electron chi connectivity index (χ0n) is 22.8. The molecule has 0 aromatic heterocycles. The van der Waals surface area contributed by atoms with Gasteiger partial charge in [0.25, 0.3) is 0 Å². The first-order valence-electron chi connectivity index (χ1n) is 14.6. The van der Waals surface area contributed by atoms with Crippen molar-refractivity contribution in [1.82, 2.24) is 0 Å². The normalized spacial score (nSPS) is 14.0. The Hall–Kier alpha value is -1.39. The van der Waals surface area contributed by atoms with Crippen LogP contribution in [0.2, 0.25) is 0 Å². The molecule has 0 bridgehead atoms. The topological polar surface area (TPSA) is 66.8 Å². The van der Waals surface area contributed by atoms with E-state index in [1.807, 2.05) is 37.3 Å². The average molecular weight is 491 g/mol. The third kappa shape index (κ3) is 16.8. The maximum Gasteiger partial charge on any atom is 0.309 e. The van der Waals surface area contributed by atoms with Gasteiger partial charge in [-0.05, 0) is 18.4 Å². The SMILES string of the molecule is CCCCCCCCCCCCCCCCCC(CC(O)C(CC)C(=O)O)OCc1ccccc1. The number of hydrogen-bond acceptors (Lipinski definition) is 3. The van der Waals surface area contributed by atoms with Gasteiger partial charge < -0.3 is 14.9 Å². The largest absolute Gasteiger partial charge is 0.481 e. The second-order valence-corrected chi connectivity index (χ2v) is 10.3. The summed E-state index contributed by atoms with van der Waals surface area (Å²) in [5.41, 5.74) is 1.11. The van der Waals surface area contributed by atoms with E-state index in [2.05, 4.69) is 6.92 Å². The van der Waals surface area contributed by atoms with Crippen LogP contribution in [0.5, 0.6) is 0 Å². The number of carboxylic acid groups (broad SMARTS) is 1. The van der Waals surface area contributed by atoms with E-state index in [-0.39, 0.29) is 6.10 Å². The van der Waals surface area contributed by atoms with Crippen molar-refractivity contribution in [2.75, 3.05) is 0 Å². The van der Waals surface area contributed by atoms with Gasteiger partial charge in [0.15, 0.2) is 0 Å². The predicted octanol–water partition coefficient (Wildman–Crippen LogP) is 8.70. The molecule has 0 saturated carbocycles. The van der Waals surface area contributed by atoms with Crippen molar-refractivity contribution in [2.45, 2.75) is 148 Å². The molecule has 0 aliphatic rings. The van der Waals surface area contributed by atoms with Crippen molar-refractivity contribution in [3.05, 3.63) is 35.9 Å². The van der Waals surface area contributed by atoms with Gasteiger partial charge in [0.1, 0.15) is 0 Å². The fourth-order valence-electron chi connectivity index (χ4n) is 4.85. The molecule has 0 amide bonds. The van der Waals surface area contributed by atoms with Gasteiger partial charge in [0, 0.05) is 6.42 Å². The molecule has 4 nitrogen and oxygen atoms in total. The summed E-state index contributed by atoms with van der Waals surface area (Å²) in [7, 11) is 0. The Morgan fingerprint density at radius 2 is 1.26 bits per heavy atom. The molecule has 0 radical (unpaired) electrons. The molecule has 1 aromatic carbocycles. The highest BCUT2D eigenvalue weighted by Gasteiger charge is 2.27. The van der Waals surface area contributed by atoms with Crippen LogP contribution in [0.1, 0.15) is 135 Å². The molecule has 0 spiro atoms. The second-order valence-electron chi connectivity index (χ2n) is 10.3. The molecule has 0 heterocycles. The molecule has 0 saturated heterocycles. The first-order valence-corrected chi connectivity index (χ1v) is 14.6. The van der Waals surface area contributed by atoms with Crippen LogP contribution in [0.25, 0.3) is 0 Å². The molecule has 3 unspecified atom stereocenters. The summed E-state index contributed by atoms with van der Waals surface area (Å²) in [5.74, 6) is -1.65. The Kier molecular flexibility index (Phi) is 19.8. The molecule has 3 atom stereocenters. The van der Waals surface area contributed by atoms with Crippen molar-refractivity contribution >= 4 is 5.97 Å². The first-order chi connectivity index (χ1) is 17.1. The third-order valence-corrected chi connectivity index (χ3v) is 7.18. The molecular formula is C31H54O4. The molecule has 0 aliphatic carbocycles. The van der Waals surface area contributed by atoms with E-state index in [0.29, 0.717) is 19.4 Å². The van der Waals surface area contributed by atoms with E-state index in [1.165, 1.54) is 89.9 Å². The molecule has 0 fully saturated rings. The number of carboxylic acids is 1. The lowest BCUT2D eigenvalue weighted by Gasteiger charge is -2.24. The van der Waals surface area contributed by atoms with Gasteiger partial charge in [-0.15, -0.1) is 0 Å². The van der Waals surface area contributed by atoms with E-state index in [4.69, 9.17) is 4.74 Å². The number of unbranched alkanes of at least 4 members (excludes halogenated alkanes) is 14. The summed E-state index contributed by atoms with van der Waals surface area (Å²) in [6.45, 7) is 4.59. The van der Waals surface area contributed by atoms with Gasteiger partial charge in [-0.3, -0.25) is 4.79 Å². The summed E-state index contributed by atoms with van der Waals surface area (Å²) >= 11 is 0. The summed E-state index contributed by atoms with van der Waals surface area (Å²) in [4.78, 5) is 11.4. The van der Waals surface area contributed by atoms with Gasteiger partial charge in [0.2, 0.25) is 0 Å². The van der Waals surface area contributed by atoms with E-state index < -0.39 is 18.0 Å². The number of benzene rings is 1. The summed E-state index contributed by atoms with van der Waals surface area (Å²) in [6.07, 6.45) is 20.8. The standard InChI is InChI=1S/C31H54O4/c1-3-5-6-7-8-9-10-11-12-13-14-15-16-17-21-24-28(25-30(32)29(4-2)31(33)34)35-26-27-22-19-18-20-23-27/h18-20,22-23,28-30,32H,3-17,21,24-26H2,1-2H3,(H,33,34). The van der Waals surface area contributed by atoms with Crippen LogP contribution in [-0.4, -0.2) is 28.4 Å². The Morgan fingerprint density at radius 3 is 1.71 bits per heavy atom. The summed E-state index contributed by atoms with van der Waals surface area (Å²) in [6, 6.07) is 10.0. The number of aliphatic carboxylic acids is 1. The van der Waals surface area contributed by atoms with Crippen LogP contribution in [0, 0.1) is 5.92 Å². The quantitative estimate of drug-likeness (QED) is 0.142. The van der Waals surface area contributed by atoms with Gasteiger partial charge >= 0.3 is 5.97 Å². The Morgan fingerprint density at radius 1 is 0.771 bits per heavy atom. The van der Waals surface area contributed by atoms with Gasteiger partial charge in [-0.2, -0.15) is 0 Å². The van der Waals surface area contributed by atoms with Crippen LogP contribution in [0.4, 0.5) is 0 Å². The molecule has 35 heavy (non-hydrogen) atoms. The maximum atomic E-state index is 11.4. The monoisotopic (exact) mass is 490 g/mol. The zero-order chi connectivity index (χ0) is 25.6. The minimum Gasteiger partial charge on any atom is -0.481 e. The van der Waals surface area contributed by atoms with Crippen molar-refractivity contribution < 1.29 is 19.7 Å².